The lowest BCUT2D eigenvalue weighted by Crippen LogP contribution is -2.39. The molecule has 29 heavy (non-hydrogen) atoms. The summed E-state index contributed by atoms with van der Waals surface area (Å²) in [5, 5.41) is 20.6. The molecule has 0 aliphatic carbocycles. The quantitative estimate of drug-likeness (QED) is 0.515. The Kier molecular flexibility index (Phi) is 6.84. The average Bonchev–Trinajstić information content (AvgIpc) is 2.69. The second-order valence-corrected chi connectivity index (χ2v) is 7.73. The third-order valence-electron chi connectivity index (χ3n) is 5.21. The Labute approximate surface area is 175 Å². The molecule has 2 aromatic rings. The van der Waals surface area contributed by atoms with Crippen LogP contribution in [0.25, 0.3) is 0 Å². The number of halogens is 1. The number of carbonyl (C=O) groups is 1. The van der Waals surface area contributed by atoms with Crippen molar-refractivity contribution in [1.29, 1.82) is 5.41 Å². The molecular weight excluding hydrogens is 390 g/mol. The molecule has 0 atom stereocenters. The van der Waals surface area contributed by atoms with Gasteiger partial charge in [0.1, 0.15) is 5.82 Å². The van der Waals surface area contributed by atoms with Gasteiger partial charge in [0, 0.05) is 44.1 Å². The maximum atomic E-state index is 11.3. The van der Waals surface area contributed by atoms with Gasteiger partial charge in [-0.2, -0.15) is 0 Å². The maximum Gasteiger partial charge on any atom is 0.338 e. The Hall–Kier alpha value is -2.48. The number of benzene rings is 1. The van der Waals surface area contributed by atoms with Crippen LogP contribution in [0.15, 0.2) is 30.5 Å². The van der Waals surface area contributed by atoms with Crippen molar-refractivity contribution in [1.82, 2.24) is 9.88 Å². The zero-order valence-electron chi connectivity index (χ0n) is 16.4. The van der Waals surface area contributed by atoms with Crippen LogP contribution in [0.3, 0.4) is 0 Å². The van der Waals surface area contributed by atoms with Gasteiger partial charge < -0.3 is 21.6 Å². The molecule has 2 heterocycles. The SMILES string of the molecule is CC(=N)c1c(NC2CCN(Cc3ccc(CN)cc3)CC2)ncc(C(=O)O)c1Cl. The van der Waals surface area contributed by atoms with Crippen molar-refractivity contribution < 1.29 is 9.90 Å². The predicted molar refractivity (Wildman–Crippen MR) is 115 cm³/mol. The fraction of sp³-hybridized carbons (Fsp3) is 0.381. The number of nitrogens with one attached hydrogen (secondary N) is 2. The lowest BCUT2D eigenvalue weighted by atomic mass is 10.0. The van der Waals surface area contributed by atoms with Crippen molar-refractivity contribution in [2.45, 2.75) is 38.9 Å². The van der Waals surface area contributed by atoms with Crippen molar-refractivity contribution in [2.24, 2.45) is 5.73 Å². The van der Waals surface area contributed by atoms with Crippen LogP contribution in [0.2, 0.25) is 5.02 Å². The Bertz CT molecular complexity index is 893. The number of anilines is 1. The Morgan fingerprint density at radius 3 is 2.48 bits per heavy atom. The lowest BCUT2D eigenvalue weighted by molar-refractivity contribution is 0.0696. The van der Waals surface area contributed by atoms with E-state index in [1.807, 2.05) is 0 Å². The van der Waals surface area contributed by atoms with Gasteiger partial charge in [-0.05, 0) is 30.9 Å². The number of carboxylic acids is 1. The van der Waals surface area contributed by atoms with Gasteiger partial charge in [0.25, 0.3) is 0 Å². The summed E-state index contributed by atoms with van der Waals surface area (Å²) in [4.78, 5) is 17.9. The first-order chi connectivity index (χ1) is 13.9. The fourth-order valence-corrected chi connectivity index (χ4v) is 3.92. The third kappa shape index (κ3) is 5.12. The Morgan fingerprint density at radius 1 is 1.31 bits per heavy atom. The minimum absolute atomic E-state index is 0.0564. The smallest absolute Gasteiger partial charge is 0.338 e. The number of hydrogen-bond donors (Lipinski definition) is 4. The van der Waals surface area contributed by atoms with Gasteiger partial charge in [0.05, 0.1) is 16.1 Å². The Morgan fingerprint density at radius 2 is 1.93 bits per heavy atom. The van der Waals surface area contributed by atoms with Gasteiger partial charge in [-0.3, -0.25) is 4.90 Å². The molecule has 0 unspecified atom stereocenters. The summed E-state index contributed by atoms with van der Waals surface area (Å²) in [6.07, 6.45) is 3.11. The van der Waals surface area contributed by atoms with Crippen LogP contribution in [0.4, 0.5) is 5.82 Å². The lowest BCUT2D eigenvalue weighted by Gasteiger charge is -2.33. The number of hydrogen-bond acceptors (Lipinski definition) is 6. The highest BCUT2D eigenvalue weighted by molar-refractivity contribution is 6.37. The van der Waals surface area contributed by atoms with E-state index in [1.54, 1.807) is 6.92 Å². The third-order valence-corrected chi connectivity index (χ3v) is 5.61. The minimum Gasteiger partial charge on any atom is -0.478 e. The number of piperidine rings is 1. The number of carboxylic acid groups (broad SMARTS) is 1. The van der Waals surface area contributed by atoms with Crippen LogP contribution in [0.5, 0.6) is 0 Å². The van der Waals surface area contributed by atoms with Gasteiger partial charge in [0.2, 0.25) is 0 Å². The number of pyridine rings is 1. The highest BCUT2D eigenvalue weighted by atomic mass is 35.5. The molecule has 1 aromatic heterocycles. The van der Waals surface area contributed by atoms with E-state index in [9.17, 15) is 9.90 Å². The molecule has 1 aromatic carbocycles. The highest BCUT2D eigenvalue weighted by Crippen LogP contribution is 2.28. The van der Waals surface area contributed by atoms with Crippen molar-refractivity contribution >= 4 is 29.1 Å². The first kappa shape index (κ1) is 21.2. The van der Waals surface area contributed by atoms with E-state index < -0.39 is 5.97 Å². The van der Waals surface area contributed by atoms with E-state index in [0.717, 1.165) is 38.0 Å². The van der Waals surface area contributed by atoms with Gasteiger partial charge in [-0.15, -0.1) is 0 Å². The summed E-state index contributed by atoms with van der Waals surface area (Å²) in [5.74, 6) is -0.673. The van der Waals surface area contributed by atoms with Crippen molar-refractivity contribution in [3.05, 3.63) is 57.7 Å². The predicted octanol–water partition coefficient (Wildman–Crippen LogP) is 3.36. The summed E-state index contributed by atoms with van der Waals surface area (Å²) >= 11 is 6.24. The second kappa shape index (κ2) is 9.35. The van der Waals surface area contributed by atoms with Crippen LogP contribution in [-0.2, 0) is 13.1 Å². The highest BCUT2D eigenvalue weighted by Gasteiger charge is 2.23. The molecule has 154 valence electrons. The first-order valence-electron chi connectivity index (χ1n) is 9.63. The van der Waals surface area contributed by atoms with Crippen LogP contribution >= 0.6 is 11.6 Å². The van der Waals surface area contributed by atoms with Crippen molar-refractivity contribution in [3.8, 4) is 0 Å². The maximum absolute atomic E-state index is 11.3. The van der Waals surface area contributed by atoms with Crippen LogP contribution in [0, 0.1) is 5.41 Å². The molecule has 8 heteroatoms. The summed E-state index contributed by atoms with van der Waals surface area (Å²) in [5.41, 5.74) is 8.51. The molecule has 1 fully saturated rings. The molecule has 1 aliphatic heterocycles. The molecule has 1 aliphatic rings. The minimum atomic E-state index is -1.15. The zero-order valence-corrected chi connectivity index (χ0v) is 17.2. The number of rotatable bonds is 7. The van der Waals surface area contributed by atoms with E-state index in [2.05, 4.69) is 39.5 Å². The normalized spacial score (nSPS) is 15.3. The molecule has 1 saturated heterocycles. The molecule has 5 N–H and O–H groups in total. The molecule has 3 rings (SSSR count). The van der Waals surface area contributed by atoms with Crippen LogP contribution in [0.1, 0.15) is 46.8 Å². The van der Waals surface area contributed by atoms with E-state index in [1.165, 1.54) is 11.8 Å². The van der Waals surface area contributed by atoms with Crippen LogP contribution in [-0.4, -0.2) is 45.8 Å². The van der Waals surface area contributed by atoms with E-state index in [4.69, 9.17) is 22.7 Å². The molecule has 0 radical (unpaired) electrons. The zero-order chi connectivity index (χ0) is 21.0. The van der Waals surface area contributed by atoms with Gasteiger partial charge in [0.15, 0.2) is 0 Å². The van der Waals surface area contributed by atoms with E-state index in [0.29, 0.717) is 17.9 Å². The number of likely N-dealkylation sites (tertiary alicyclic amines) is 1. The summed E-state index contributed by atoms with van der Waals surface area (Å²) in [6, 6.07) is 8.59. The average molecular weight is 416 g/mol. The van der Waals surface area contributed by atoms with Gasteiger partial charge >= 0.3 is 5.97 Å². The van der Waals surface area contributed by atoms with Gasteiger partial charge in [-0.1, -0.05) is 35.9 Å². The first-order valence-corrected chi connectivity index (χ1v) is 10.0. The van der Waals surface area contributed by atoms with Crippen molar-refractivity contribution in [2.75, 3.05) is 18.4 Å². The van der Waals surface area contributed by atoms with Gasteiger partial charge in [-0.25, -0.2) is 9.78 Å². The molecule has 0 amide bonds. The fourth-order valence-electron chi connectivity index (χ4n) is 3.56. The number of aromatic carboxylic acids is 1. The molecule has 0 saturated carbocycles. The summed E-state index contributed by atoms with van der Waals surface area (Å²) in [7, 11) is 0. The van der Waals surface area contributed by atoms with E-state index >= 15 is 0 Å². The second-order valence-electron chi connectivity index (χ2n) is 7.35. The summed E-state index contributed by atoms with van der Waals surface area (Å²) in [6.45, 7) is 4.92. The van der Waals surface area contributed by atoms with E-state index in [-0.39, 0.29) is 22.3 Å². The number of aromatic nitrogens is 1. The molecule has 7 nitrogen and oxygen atoms in total. The largest absolute Gasteiger partial charge is 0.478 e. The summed E-state index contributed by atoms with van der Waals surface area (Å²) < 4.78 is 0. The monoisotopic (exact) mass is 415 g/mol. The topological polar surface area (TPSA) is 115 Å². The number of nitrogens with two attached hydrogens (primary N) is 1. The molecule has 0 spiro atoms. The number of nitrogens with zero attached hydrogens (tertiary/aromatic N) is 2. The van der Waals surface area contributed by atoms with Crippen molar-refractivity contribution in [3.63, 3.8) is 0 Å². The standard InChI is InChI=1S/C21H26ClN5O2/c1-13(24)18-19(22)17(21(28)29)11-25-20(18)26-16-6-8-27(9-7-16)12-15-4-2-14(10-23)3-5-15/h2-5,11,16,24H,6-10,12,23H2,1H3,(H,25,26)(H,28,29). The van der Waals surface area contributed by atoms with Crippen LogP contribution < -0.4 is 11.1 Å². The Balaban J connectivity index is 1.62. The molecule has 0 bridgehead atoms. The molecular formula is C21H26ClN5O2.